The van der Waals surface area contributed by atoms with E-state index < -0.39 is 0 Å². The molecule has 0 unspecified atom stereocenters. The average Bonchev–Trinajstić information content (AvgIpc) is 3.81. The molecule has 0 fully saturated rings. The maximum atomic E-state index is 6.25. The number of para-hydroxylation sites is 2. The van der Waals surface area contributed by atoms with Crippen LogP contribution in [0.2, 0.25) is 0 Å². The van der Waals surface area contributed by atoms with Crippen LogP contribution >= 0.6 is 0 Å². The van der Waals surface area contributed by atoms with E-state index in [-0.39, 0.29) is 0 Å². The van der Waals surface area contributed by atoms with Crippen molar-refractivity contribution in [2.45, 2.75) is 0 Å². The van der Waals surface area contributed by atoms with E-state index in [4.69, 9.17) is 24.4 Å². The van der Waals surface area contributed by atoms with Gasteiger partial charge in [-0.3, -0.25) is 0 Å². The molecule has 0 saturated carbocycles. The first-order chi connectivity index (χ1) is 25.7. The molecule has 0 aliphatic heterocycles. The number of nitrogens with zero attached hydrogens (tertiary/aromatic N) is 5. The Kier molecular flexibility index (Phi) is 7.03. The van der Waals surface area contributed by atoms with E-state index in [0.29, 0.717) is 23.4 Å². The van der Waals surface area contributed by atoms with E-state index in [1.54, 1.807) is 0 Å². The Morgan fingerprint density at radius 1 is 0.365 bits per heavy atom. The summed E-state index contributed by atoms with van der Waals surface area (Å²) in [7, 11) is 0. The molecule has 244 valence electrons. The van der Waals surface area contributed by atoms with Crippen LogP contribution in [0.5, 0.6) is 0 Å². The molecule has 0 amide bonds. The number of rotatable bonds is 6. The molecule has 10 rings (SSSR count). The number of oxazole rings is 1. The van der Waals surface area contributed by atoms with Gasteiger partial charge >= 0.3 is 0 Å². The molecular weight excluding hydrogens is 639 g/mol. The van der Waals surface area contributed by atoms with Gasteiger partial charge in [-0.1, -0.05) is 127 Å². The maximum absolute atomic E-state index is 6.25. The van der Waals surface area contributed by atoms with Crippen LogP contribution in [-0.4, -0.2) is 24.5 Å². The molecule has 52 heavy (non-hydrogen) atoms. The fraction of sp³-hybridized carbons (Fsp3) is 0. The van der Waals surface area contributed by atoms with Gasteiger partial charge in [0.1, 0.15) is 5.52 Å². The molecule has 7 aromatic carbocycles. The SMILES string of the molecule is c1ccc(-c2nc(-c3ccccc3)nc(-c3ccc(-c4ccc5oc(-c6ccc(-n7c8ccccc8c8ccccc87)cc6)nc5c4)cc3)n2)cc1. The molecule has 0 radical (unpaired) electrons. The molecule has 3 heterocycles. The summed E-state index contributed by atoms with van der Waals surface area (Å²) in [5, 5.41) is 2.48. The zero-order chi connectivity index (χ0) is 34.4. The largest absolute Gasteiger partial charge is 0.436 e. The van der Waals surface area contributed by atoms with Gasteiger partial charge in [0.2, 0.25) is 5.89 Å². The summed E-state index contributed by atoms with van der Waals surface area (Å²) in [4.78, 5) is 19.5. The molecule has 0 aliphatic carbocycles. The second-order valence-electron chi connectivity index (χ2n) is 12.7. The van der Waals surface area contributed by atoms with Crippen molar-refractivity contribution < 1.29 is 4.42 Å². The van der Waals surface area contributed by atoms with Gasteiger partial charge in [-0.2, -0.15) is 0 Å². The van der Waals surface area contributed by atoms with Crippen LogP contribution in [0.25, 0.3) is 95.3 Å². The van der Waals surface area contributed by atoms with E-state index in [2.05, 4.69) is 114 Å². The van der Waals surface area contributed by atoms with Crippen LogP contribution in [-0.2, 0) is 0 Å². The summed E-state index contributed by atoms with van der Waals surface area (Å²) in [6.07, 6.45) is 0. The van der Waals surface area contributed by atoms with Crippen LogP contribution in [0, 0.1) is 0 Å². The molecule has 0 spiro atoms. The fourth-order valence-electron chi connectivity index (χ4n) is 6.93. The minimum absolute atomic E-state index is 0.592. The normalized spacial score (nSPS) is 11.5. The molecule has 10 aromatic rings. The number of hydrogen-bond acceptors (Lipinski definition) is 5. The molecule has 6 heteroatoms. The van der Waals surface area contributed by atoms with Crippen LogP contribution < -0.4 is 0 Å². The first kappa shape index (κ1) is 29.7. The van der Waals surface area contributed by atoms with E-state index in [0.717, 1.165) is 50.2 Å². The Balaban J connectivity index is 0.951. The third-order valence-electron chi connectivity index (χ3n) is 9.52. The summed E-state index contributed by atoms with van der Waals surface area (Å²) in [5.74, 6) is 2.50. The lowest BCUT2D eigenvalue weighted by molar-refractivity contribution is 0.620. The predicted octanol–water partition coefficient (Wildman–Crippen LogP) is 11.4. The molecule has 0 aliphatic rings. The lowest BCUT2D eigenvalue weighted by Gasteiger charge is -2.09. The topological polar surface area (TPSA) is 69.6 Å². The third kappa shape index (κ3) is 5.22. The average molecular weight is 668 g/mol. The Hall–Kier alpha value is -7.18. The Bertz CT molecular complexity index is 2770. The number of fused-ring (bicyclic) bond motifs is 4. The molecule has 0 bridgehead atoms. The first-order valence-corrected chi connectivity index (χ1v) is 17.2. The van der Waals surface area contributed by atoms with E-state index in [9.17, 15) is 0 Å². The number of hydrogen-bond donors (Lipinski definition) is 0. The van der Waals surface area contributed by atoms with Crippen LogP contribution in [0.3, 0.4) is 0 Å². The molecule has 6 nitrogen and oxygen atoms in total. The quantitative estimate of drug-likeness (QED) is 0.176. The Morgan fingerprint density at radius 2 is 0.827 bits per heavy atom. The molecule has 0 saturated heterocycles. The van der Waals surface area contributed by atoms with Gasteiger partial charge in [-0.05, 0) is 59.7 Å². The van der Waals surface area contributed by atoms with Crippen LogP contribution in [0.4, 0.5) is 0 Å². The van der Waals surface area contributed by atoms with Gasteiger partial charge in [0, 0.05) is 38.7 Å². The Morgan fingerprint density at radius 3 is 1.40 bits per heavy atom. The maximum Gasteiger partial charge on any atom is 0.227 e. The van der Waals surface area contributed by atoms with E-state index in [1.165, 1.54) is 21.8 Å². The van der Waals surface area contributed by atoms with Crippen molar-refractivity contribution >= 4 is 32.9 Å². The van der Waals surface area contributed by atoms with Crippen molar-refractivity contribution in [1.29, 1.82) is 0 Å². The van der Waals surface area contributed by atoms with Crippen molar-refractivity contribution in [3.8, 4) is 62.4 Å². The number of benzene rings is 7. The highest BCUT2D eigenvalue weighted by Gasteiger charge is 2.15. The summed E-state index contributed by atoms with van der Waals surface area (Å²) < 4.78 is 8.56. The zero-order valence-corrected chi connectivity index (χ0v) is 27.9. The predicted molar refractivity (Wildman–Crippen MR) is 209 cm³/mol. The molecule has 3 aromatic heterocycles. The van der Waals surface area contributed by atoms with Gasteiger partial charge in [-0.15, -0.1) is 0 Å². The highest BCUT2D eigenvalue weighted by molar-refractivity contribution is 6.09. The van der Waals surface area contributed by atoms with Gasteiger partial charge in [0.05, 0.1) is 11.0 Å². The van der Waals surface area contributed by atoms with Gasteiger partial charge in [-0.25, -0.2) is 19.9 Å². The third-order valence-corrected chi connectivity index (χ3v) is 9.52. The van der Waals surface area contributed by atoms with Crippen molar-refractivity contribution in [3.05, 3.63) is 176 Å². The summed E-state index contributed by atoms with van der Waals surface area (Å²) >= 11 is 0. The summed E-state index contributed by atoms with van der Waals surface area (Å²) in [6.45, 7) is 0. The minimum atomic E-state index is 0.592. The second kappa shape index (κ2) is 12.3. The van der Waals surface area contributed by atoms with Gasteiger partial charge in [0.25, 0.3) is 0 Å². The van der Waals surface area contributed by atoms with Crippen LogP contribution in [0.15, 0.2) is 180 Å². The lowest BCUT2D eigenvalue weighted by atomic mass is 10.0. The smallest absolute Gasteiger partial charge is 0.227 e. The number of aromatic nitrogens is 5. The lowest BCUT2D eigenvalue weighted by Crippen LogP contribution is -2.00. The van der Waals surface area contributed by atoms with Crippen molar-refractivity contribution in [3.63, 3.8) is 0 Å². The van der Waals surface area contributed by atoms with E-state index in [1.807, 2.05) is 66.7 Å². The molecule has 0 N–H and O–H groups in total. The van der Waals surface area contributed by atoms with Crippen molar-refractivity contribution in [2.75, 3.05) is 0 Å². The minimum Gasteiger partial charge on any atom is -0.436 e. The van der Waals surface area contributed by atoms with Gasteiger partial charge in [0.15, 0.2) is 23.1 Å². The van der Waals surface area contributed by atoms with Crippen molar-refractivity contribution in [2.24, 2.45) is 0 Å². The van der Waals surface area contributed by atoms with Gasteiger partial charge < -0.3 is 8.98 Å². The van der Waals surface area contributed by atoms with Crippen LogP contribution in [0.1, 0.15) is 0 Å². The van der Waals surface area contributed by atoms with E-state index >= 15 is 0 Å². The second-order valence-corrected chi connectivity index (χ2v) is 12.7. The fourth-order valence-corrected chi connectivity index (χ4v) is 6.93. The van der Waals surface area contributed by atoms with Crippen molar-refractivity contribution in [1.82, 2.24) is 24.5 Å². The molecular formula is C46H29N5O. The Labute approximate surface area is 299 Å². The highest BCUT2D eigenvalue weighted by atomic mass is 16.3. The summed E-state index contributed by atoms with van der Waals surface area (Å²) in [5.41, 5.74) is 10.8. The standard InChI is InChI=1S/C46H29N5O/c1-3-11-31(12-4-1)43-48-44(32-13-5-2-6-14-32)50-45(49-43)33-21-19-30(20-22-33)35-25-28-42-39(29-35)47-46(52-42)34-23-26-36(27-24-34)51-40-17-9-7-15-37(40)38-16-8-10-18-41(38)51/h1-29H. The first-order valence-electron chi connectivity index (χ1n) is 17.2. The summed E-state index contributed by atoms with van der Waals surface area (Å²) in [6, 6.07) is 60.0. The zero-order valence-electron chi connectivity index (χ0n) is 27.9. The monoisotopic (exact) mass is 667 g/mol. The molecule has 0 atom stereocenters. The highest BCUT2D eigenvalue weighted by Crippen LogP contribution is 2.34.